The molecule has 0 aromatic heterocycles. The summed E-state index contributed by atoms with van der Waals surface area (Å²) in [6.45, 7) is 2.09. The Morgan fingerprint density at radius 1 is 1.44 bits per heavy atom. The van der Waals surface area contributed by atoms with E-state index in [1.54, 1.807) is 12.1 Å². The van der Waals surface area contributed by atoms with Crippen LogP contribution in [-0.4, -0.2) is 27.9 Å². The van der Waals surface area contributed by atoms with E-state index in [2.05, 4.69) is 20.7 Å². The SMILES string of the molecule is COCCS(=O)(=O)Nc1ccc(Br)c(C)c1. The van der Waals surface area contributed by atoms with E-state index in [0.29, 0.717) is 5.69 Å². The van der Waals surface area contributed by atoms with Gasteiger partial charge in [0.1, 0.15) is 0 Å². The van der Waals surface area contributed by atoms with Crippen LogP contribution >= 0.6 is 15.9 Å². The fourth-order valence-electron chi connectivity index (χ4n) is 1.13. The molecule has 0 saturated carbocycles. The second-order valence-electron chi connectivity index (χ2n) is 3.38. The average Bonchev–Trinajstić information content (AvgIpc) is 2.20. The lowest BCUT2D eigenvalue weighted by molar-refractivity contribution is 0.217. The first-order chi connectivity index (χ1) is 7.44. The van der Waals surface area contributed by atoms with Crippen LogP contribution in [0.5, 0.6) is 0 Å². The minimum Gasteiger partial charge on any atom is -0.384 e. The van der Waals surface area contributed by atoms with Gasteiger partial charge in [-0.05, 0) is 30.7 Å². The van der Waals surface area contributed by atoms with Gasteiger partial charge < -0.3 is 4.74 Å². The maximum absolute atomic E-state index is 11.6. The van der Waals surface area contributed by atoms with Gasteiger partial charge in [-0.2, -0.15) is 0 Å². The standard InChI is InChI=1S/C10H14BrNO3S/c1-8-7-9(3-4-10(8)11)12-16(13,14)6-5-15-2/h3-4,7,12H,5-6H2,1-2H3. The van der Waals surface area contributed by atoms with Gasteiger partial charge in [0.25, 0.3) is 0 Å². The third-order valence-electron chi connectivity index (χ3n) is 1.99. The van der Waals surface area contributed by atoms with Gasteiger partial charge in [-0.3, -0.25) is 4.72 Å². The van der Waals surface area contributed by atoms with Crippen molar-refractivity contribution in [2.24, 2.45) is 0 Å². The van der Waals surface area contributed by atoms with E-state index >= 15 is 0 Å². The lowest BCUT2D eigenvalue weighted by atomic mass is 10.2. The molecule has 0 aliphatic carbocycles. The van der Waals surface area contributed by atoms with Crippen molar-refractivity contribution in [2.45, 2.75) is 6.92 Å². The number of sulfonamides is 1. The molecule has 0 amide bonds. The Bertz CT molecular complexity index is 459. The molecule has 0 atom stereocenters. The van der Waals surface area contributed by atoms with Crippen LogP contribution in [0.2, 0.25) is 0 Å². The number of hydrogen-bond donors (Lipinski definition) is 1. The first-order valence-corrected chi connectivity index (χ1v) is 7.15. The van der Waals surface area contributed by atoms with E-state index in [9.17, 15) is 8.42 Å². The predicted molar refractivity (Wildman–Crippen MR) is 68.2 cm³/mol. The minimum absolute atomic E-state index is 0.0430. The van der Waals surface area contributed by atoms with E-state index in [1.807, 2.05) is 13.0 Å². The molecule has 6 heteroatoms. The number of nitrogens with one attached hydrogen (secondary N) is 1. The number of anilines is 1. The molecule has 4 nitrogen and oxygen atoms in total. The molecule has 0 radical (unpaired) electrons. The summed E-state index contributed by atoms with van der Waals surface area (Å²) in [6, 6.07) is 5.29. The number of rotatable bonds is 5. The van der Waals surface area contributed by atoms with Crippen molar-refractivity contribution in [3.8, 4) is 0 Å². The van der Waals surface area contributed by atoms with E-state index in [0.717, 1.165) is 10.0 Å². The quantitative estimate of drug-likeness (QED) is 0.907. The fraction of sp³-hybridized carbons (Fsp3) is 0.400. The Morgan fingerprint density at radius 3 is 2.69 bits per heavy atom. The normalized spacial score (nSPS) is 11.4. The summed E-state index contributed by atoms with van der Waals surface area (Å²) < 4.78 is 31.3. The van der Waals surface area contributed by atoms with Crippen molar-refractivity contribution < 1.29 is 13.2 Å². The summed E-state index contributed by atoms with van der Waals surface area (Å²) in [7, 11) is -1.85. The molecule has 0 spiro atoms. The first kappa shape index (κ1) is 13.5. The number of halogens is 1. The van der Waals surface area contributed by atoms with Crippen molar-refractivity contribution in [1.29, 1.82) is 0 Å². The molecule has 1 N–H and O–H groups in total. The van der Waals surface area contributed by atoms with Crippen molar-refractivity contribution >= 4 is 31.6 Å². The van der Waals surface area contributed by atoms with Crippen LogP contribution in [0.15, 0.2) is 22.7 Å². The Hall–Kier alpha value is -0.590. The van der Waals surface area contributed by atoms with Crippen LogP contribution in [-0.2, 0) is 14.8 Å². The third kappa shape index (κ3) is 4.11. The molecule has 0 bridgehead atoms. The zero-order valence-electron chi connectivity index (χ0n) is 9.16. The summed E-state index contributed by atoms with van der Waals surface area (Å²) >= 11 is 3.35. The van der Waals surface area contributed by atoms with Gasteiger partial charge in [0, 0.05) is 17.3 Å². The van der Waals surface area contributed by atoms with Crippen LogP contribution < -0.4 is 4.72 Å². The monoisotopic (exact) mass is 307 g/mol. The van der Waals surface area contributed by atoms with Crippen LogP contribution in [0.25, 0.3) is 0 Å². The largest absolute Gasteiger partial charge is 0.384 e. The van der Waals surface area contributed by atoms with Gasteiger partial charge in [0.2, 0.25) is 10.0 Å². The van der Waals surface area contributed by atoms with Gasteiger partial charge in [-0.15, -0.1) is 0 Å². The van der Waals surface area contributed by atoms with Gasteiger partial charge >= 0.3 is 0 Å². The highest BCUT2D eigenvalue weighted by Crippen LogP contribution is 2.20. The molecule has 90 valence electrons. The zero-order chi connectivity index (χ0) is 12.2. The molecule has 0 fully saturated rings. The highest BCUT2D eigenvalue weighted by molar-refractivity contribution is 9.10. The fourth-order valence-corrected chi connectivity index (χ4v) is 2.35. The molecular formula is C10H14BrNO3S. The molecule has 0 heterocycles. The summed E-state index contributed by atoms with van der Waals surface area (Å²) in [5, 5.41) is 0. The van der Waals surface area contributed by atoms with Crippen molar-refractivity contribution in [3.63, 3.8) is 0 Å². The van der Waals surface area contributed by atoms with Crippen molar-refractivity contribution in [2.75, 3.05) is 24.2 Å². The molecule has 0 aliphatic rings. The molecule has 0 aliphatic heterocycles. The highest BCUT2D eigenvalue weighted by atomic mass is 79.9. The lowest BCUT2D eigenvalue weighted by Crippen LogP contribution is -2.19. The number of hydrogen-bond acceptors (Lipinski definition) is 3. The summed E-state index contributed by atoms with van der Waals surface area (Å²) in [5.41, 5.74) is 1.55. The summed E-state index contributed by atoms with van der Waals surface area (Å²) in [4.78, 5) is 0. The molecular weight excluding hydrogens is 294 g/mol. The zero-order valence-corrected chi connectivity index (χ0v) is 11.6. The maximum Gasteiger partial charge on any atom is 0.234 e. The van der Waals surface area contributed by atoms with E-state index in [-0.39, 0.29) is 12.4 Å². The van der Waals surface area contributed by atoms with Crippen LogP contribution in [0, 0.1) is 6.92 Å². The van der Waals surface area contributed by atoms with E-state index in [4.69, 9.17) is 4.74 Å². The molecule has 0 saturated heterocycles. The summed E-state index contributed by atoms with van der Waals surface area (Å²) in [5.74, 6) is -0.0430. The molecule has 16 heavy (non-hydrogen) atoms. The minimum atomic E-state index is -3.32. The second kappa shape index (κ2) is 5.65. The predicted octanol–water partition coefficient (Wildman–Crippen LogP) is 2.15. The molecule has 0 unspecified atom stereocenters. The van der Waals surface area contributed by atoms with Crippen LogP contribution in [0.1, 0.15) is 5.56 Å². The molecule has 1 aromatic rings. The number of ether oxygens (including phenoxy) is 1. The first-order valence-electron chi connectivity index (χ1n) is 4.70. The number of benzene rings is 1. The second-order valence-corrected chi connectivity index (χ2v) is 6.07. The average molecular weight is 308 g/mol. The van der Waals surface area contributed by atoms with Gasteiger partial charge in [-0.1, -0.05) is 15.9 Å². The van der Waals surface area contributed by atoms with Crippen LogP contribution in [0.4, 0.5) is 5.69 Å². The van der Waals surface area contributed by atoms with Crippen LogP contribution in [0.3, 0.4) is 0 Å². The summed E-state index contributed by atoms with van der Waals surface area (Å²) in [6.07, 6.45) is 0. The van der Waals surface area contributed by atoms with E-state index in [1.165, 1.54) is 7.11 Å². The van der Waals surface area contributed by atoms with E-state index < -0.39 is 10.0 Å². The Morgan fingerprint density at radius 2 is 2.12 bits per heavy atom. The Balaban J connectivity index is 2.76. The number of methoxy groups -OCH3 is 1. The molecule has 1 aromatic carbocycles. The van der Waals surface area contributed by atoms with Crippen molar-refractivity contribution in [3.05, 3.63) is 28.2 Å². The van der Waals surface area contributed by atoms with Gasteiger partial charge in [0.05, 0.1) is 12.4 Å². The Kier molecular flexibility index (Phi) is 4.76. The lowest BCUT2D eigenvalue weighted by Gasteiger charge is -2.08. The highest BCUT2D eigenvalue weighted by Gasteiger charge is 2.10. The number of aryl methyl sites for hydroxylation is 1. The smallest absolute Gasteiger partial charge is 0.234 e. The van der Waals surface area contributed by atoms with Crippen molar-refractivity contribution in [1.82, 2.24) is 0 Å². The molecule has 1 rings (SSSR count). The van der Waals surface area contributed by atoms with Gasteiger partial charge in [0.15, 0.2) is 0 Å². The maximum atomic E-state index is 11.6. The Labute approximate surface area is 104 Å². The topological polar surface area (TPSA) is 55.4 Å². The van der Waals surface area contributed by atoms with Gasteiger partial charge in [-0.25, -0.2) is 8.42 Å². The third-order valence-corrected chi connectivity index (χ3v) is 4.13.